The number of amides is 1. The van der Waals surface area contributed by atoms with Crippen LogP contribution in [0, 0.1) is 6.92 Å². The van der Waals surface area contributed by atoms with E-state index >= 15 is 0 Å². The SMILES string of the molecule is Cc1ccc(Cl)c(OCc2ccc(C(=O)NCc3cnn(C)c3)cc2)c1. The molecule has 6 heteroatoms. The molecule has 3 aromatic rings. The molecule has 0 saturated carbocycles. The van der Waals surface area contributed by atoms with E-state index in [1.807, 2.05) is 50.5 Å². The number of halogens is 1. The highest BCUT2D eigenvalue weighted by Crippen LogP contribution is 2.26. The number of nitrogens with zero attached hydrogens (tertiary/aromatic N) is 2. The fourth-order valence-corrected chi connectivity index (χ4v) is 2.65. The van der Waals surface area contributed by atoms with Crippen molar-refractivity contribution < 1.29 is 9.53 Å². The molecule has 0 aliphatic carbocycles. The largest absolute Gasteiger partial charge is 0.487 e. The van der Waals surface area contributed by atoms with Crippen molar-refractivity contribution in [3.05, 3.63) is 82.1 Å². The van der Waals surface area contributed by atoms with Gasteiger partial charge in [0.25, 0.3) is 5.91 Å². The summed E-state index contributed by atoms with van der Waals surface area (Å²) in [5.74, 6) is 0.535. The fraction of sp³-hybridized carbons (Fsp3) is 0.200. The first-order valence-electron chi connectivity index (χ1n) is 8.25. The molecule has 0 aliphatic heterocycles. The molecule has 1 heterocycles. The summed E-state index contributed by atoms with van der Waals surface area (Å²) >= 11 is 6.13. The smallest absolute Gasteiger partial charge is 0.251 e. The third-order valence-electron chi connectivity index (χ3n) is 3.91. The van der Waals surface area contributed by atoms with Crippen LogP contribution in [0.25, 0.3) is 0 Å². The first-order valence-corrected chi connectivity index (χ1v) is 8.62. The molecule has 0 aliphatic rings. The molecule has 26 heavy (non-hydrogen) atoms. The fourth-order valence-electron chi connectivity index (χ4n) is 2.48. The Morgan fingerprint density at radius 1 is 1.19 bits per heavy atom. The third-order valence-corrected chi connectivity index (χ3v) is 4.22. The Labute approximate surface area is 157 Å². The Kier molecular flexibility index (Phi) is 5.58. The highest BCUT2D eigenvalue weighted by Gasteiger charge is 2.07. The Hall–Kier alpha value is -2.79. The van der Waals surface area contributed by atoms with Crippen LogP contribution in [0.15, 0.2) is 54.9 Å². The number of benzene rings is 2. The minimum Gasteiger partial charge on any atom is -0.487 e. The van der Waals surface area contributed by atoms with Crippen molar-refractivity contribution in [2.45, 2.75) is 20.1 Å². The van der Waals surface area contributed by atoms with E-state index in [4.69, 9.17) is 16.3 Å². The molecule has 2 aromatic carbocycles. The monoisotopic (exact) mass is 369 g/mol. The molecule has 0 saturated heterocycles. The molecule has 0 bridgehead atoms. The predicted octanol–water partition coefficient (Wildman–Crippen LogP) is 3.89. The average Bonchev–Trinajstić information content (AvgIpc) is 3.06. The summed E-state index contributed by atoms with van der Waals surface area (Å²) in [4.78, 5) is 12.2. The lowest BCUT2D eigenvalue weighted by Gasteiger charge is -2.09. The molecule has 0 radical (unpaired) electrons. The van der Waals surface area contributed by atoms with E-state index in [2.05, 4.69) is 10.4 Å². The summed E-state index contributed by atoms with van der Waals surface area (Å²) in [6.45, 7) is 2.83. The summed E-state index contributed by atoms with van der Waals surface area (Å²) < 4.78 is 7.48. The van der Waals surface area contributed by atoms with Crippen LogP contribution in [0.5, 0.6) is 5.75 Å². The highest BCUT2D eigenvalue weighted by atomic mass is 35.5. The van der Waals surface area contributed by atoms with Crippen molar-refractivity contribution in [1.29, 1.82) is 0 Å². The van der Waals surface area contributed by atoms with Gasteiger partial charge in [0.2, 0.25) is 0 Å². The normalized spacial score (nSPS) is 10.6. The second-order valence-corrected chi connectivity index (χ2v) is 6.53. The number of ether oxygens (including phenoxy) is 1. The van der Waals surface area contributed by atoms with Crippen LogP contribution >= 0.6 is 11.6 Å². The molecule has 1 aromatic heterocycles. The van der Waals surface area contributed by atoms with E-state index in [1.165, 1.54) is 0 Å². The Morgan fingerprint density at radius 3 is 2.65 bits per heavy atom. The second-order valence-electron chi connectivity index (χ2n) is 6.12. The van der Waals surface area contributed by atoms with Gasteiger partial charge in [-0.15, -0.1) is 0 Å². The molecule has 0 fully saturated rings. The molecule has 0 atom stereocenters. The van der Waals surface area contributed by atoms with Crippen molar-refractivity contribution in [2.75, 3.05) is 0 Å². The van der Waals surface area contributed by atoms with E-state index in [9.17, 15) is 4.79 Å². The Balaban J connectivity index is 1.55. The van der Waals surface area contributed by atoms with Gasteiger partial charge in [0, 0.05) is 30.9 Å². The van der Waals surface area contributed by atoms with Crippen molar-refractivity contribution >= 4 is 17.5 Å². The number of hydrogen-bond acceptors (Lipinski definition) is 3. The molecule has 0 spiro atoms. The van der Waals surface area contributed by atoms with E-state index in [-0.39, 0.29) is 5.91 Å². The molecular weight excluding hydrogens is 350 g/mol. The molecule has 3 rings (SSSR count). The zero-order chi connectivity index (χ0) is 18.5. The maximum absolute atomic E-state index is 12.2. The number of aromatic nitrogens is 2. The third kappa shape index (κ3) is 4.64. The van der Waals surface area contributed by atoms with Gasteiger partial charge in [-0.1, -0.05) is 29.8 Å². The van der Waals surface area contributed by atoms with Gasteiger partial charge >= 0.3 is 0 Å². The minimum atomic E-state index is -0.122. The van der Waals surface area contributed by atoms with Gasteiger partial charge in [-0.25, -0.2) is 0 Å². The lowest BCUT2D eigenvalue weighted by Crippen LogP contribution is -2.22. The first kappa shape index (κ1) is 18.0. The summed E-state index contributed by atoms with van der Waals surface area (Å²) in [6, 6.07) is 13.0. The van der Waals surface area contributed by atoms with Gasteiger partial charge in [0.1, 0.15) is 12.4 Å². The van der Waals surface area contributed by atoms with Gasteiger partial charge < -0.3 is 10.1 Å². The summed E-state index contributed by atoms with van der Waals surface area (Å²) in [5.41, 5.74) is 3.61. The molecular formula is C20H20ClN3O2. The van der Waals surface area contributed by atoms with Crippen LogP contribution in [-0.4, -0.2) is 15.7 Å². The van der Waals surface area contributed by atoms with Crippen LogP contribution in [0.2, 0.25) is 5.02 Å². The van der Waals surface area contributed by atoms with Crippen LogP contribution in [0.1, 0.15) is 27.0 Å². The van der Waals surface area contributed by atoms with E-state index in [0.717, 1.165) is 16.7 Å². The molecule has 5 nitrogen and oxygen atoms in total. The summed E-state index contributed by atoms with van der Waals surface area (Å²) in [5, 5.41) is 7.54. The van der Waals surface area contributed by atoms with Gasteiger partial charge in [0.15, 0.2) is 0 Å². The lowest BCUT2D eigenvalue weighted by atomic mass is 10.1. The standard InChI is InChI=1S/C20H20ClN3O2/c1-14-3-8-18(21)19(9-14)26-13-15-4-6-17(7-5-15)20(25)22-10-16-11-23-24(2)12-16/h3-9,11-12H,10,13H2,1-2H3,(H,22,25). The van der Waals surface area contributed by atoms with E-state index in [0.29, 0.717) is 29.5 Å². The molecule has 1 amide bonds. The van der Waals surface area contributed by atoms with Crippen molar-refractivity contribution in [1.82, 2.24) is 15.1 Å². The number of nitrogens with one attached hydrogen (secondary N) is 1. The Morgan fingerprint density at radius 2 is 1.96 bits per heavy atom. The topological polar surface area (TPSA) is 56.1 Å². The molecule has 134 valence electrons. The van der Waals surface area contributed by atoms with E-state index < -0.39 is 0 Å². The van der Waals surface area contributed by atoms with Crippen LogP contribution < -0.4 is 10.1 Å². The van der Waals surface area contributed by atoms with Gasteiger partial charge in [0.05, 0.1) is 11.2 Å². The maximum atomic E-state index is 12.2. The number of aryl methyl sites for hydroxylation is 2. The number of rotatable bonds is 6. The van der Waals surface area contributed by atoms with Crippen LogP contribution in [-0.2, 0) is 20.2 Å². The maximum Gasteiger partial charge on any atom is 0.251 e. The van der Waals surface area contributed by atoms with Crippen LogP contribution in [0.3, 0.4) is 0 Å². The highest BCUT2D eigenvalue weighted by molar-refractivity contribution is 6.32. The van der Waals surface area contributed by atoms with Gasteiger partial charge in [-0.05, 0) is 42.3 Å². The predicted molar refractivity (Wildman–Crippen MR) is 101 cm³/mol. The lowest BCUT2D eigenvalue weighted by molar-refractivity contribution is 0.0951. The van der Waals surface area contributed by atoms with Gasteiger partial charge in [-0.2, -0.15) is 5.10 Å². The Bertz CT molecular complexity index is 904. The number of carbonyl (C=O) groups excluding carboxylic acids is 1. The molecule has 0 unspecified atom stereocenters. The minimum absolute atomic E-state index is 0.122. The van der Waals surface area contributed by atoms with Gasteiger partial charge in [-0.3, -0.25) is 9.48 Å². The number of carbonyl (C=O) groups is 1. The number of hydrogen-bond donors (Lipinski definition) is 1. The second kappa shape index (κ2) is 8.06. The average molecular weight is 370 g/mol. The van der Waals surface area contributed by atoms with Crippen LogP contribution in [0.4, 0.5) is 0 Å². The van der Waals surface area contributed by atoms with Crippen molar-refractivity contribution in [3.8, 4) is 5.75 Å². The first-order chi connectivity index (χ1) is 12.5. The zero-order valence-electron chi connectivity index (χ0n) is 14.7. The van der Waals surface area contributed by atoms with Crippen molar-refractivity contribution in [2.24, 2.45) is 7.05 Å². The molecule has 1 N–H and O–H groups in total. The van der Waals surface area contributed by atoms with E-state index in [1.54, 1.807) is 23.0 Å². The summed E-state index contributed by atoms with van der Waals surface area (Å²) in [7, 11) is 1.84. The summed E-state index contributed by atoms with van der Waals surface area (Å²) in [6.07, 6.45) is 3.61. The van der Waals surface area contributed by atoms with Crippen molar-refractivity contribution in [3.63, 3.8) is 0 Å². The zero-order valence-corrected chi connectivity index (χ0v) is 15.5. The quantitative estimate of drug-likeness (QED) is 0.717.